The Morgan fingerprint density at radius 2 is 2.20 bits per heavy atom. The van der Waals surface area contributed by atoms with Gasteiger partial charge in [0.25, 0.3) is 0 Å². The monoisotopic (exact) mass is 246 g/mol. The van der Waals surface area contributed by atoms with Gasteiger partial charge in [-0.25, -0.2) is 4.39 Å². The molecule has 0 saturated heterocycles. The first-order valence-corrected chi connectivity index (χ1v) is 3.78. The van der Waals surface area contributed by atoms with E-state index < -0.39 is 0 Å². The molecule has 0 nitrogen and oxygen atoms in total. The average Bonchev–Trinajstić information content (AvgIpc) is 1.88. The summed E-state index contributed by atoms with van der Waals surface area (Å²) in [7, 11) is 0. The fourth-order valence-electron chi connectivity index (χ4n) is 0.621. The molecular weight excluding hydrogens is 242 g/mol. The van der Waals surface area contributed by atoms with Crippen molar-refractivity contribution in [1.82, 2.24) is 0 Å². The molecule has 0 heterocycles. The van der Waals surface area contributed by atoms with Crippen molar-refractivity contribution in [3.63, 3.8) is 0 Å². The summed E-state index contributed by atoms with van der Waals surface area (Å²) in [6.07, 6.45) is 0. The van der Waals surface area contributed by atoms with Crippen LogP contribution in [0.25, 0.3) is 0 Å². The normalized spacial score (nSPS) is 8.20. The largest absolute Gasteiger partial charge is 0.207 e. The van der Waals surface area contributed by atoms with Crippen LogP contribution in [0.1, 0.15) is 5.56 Å². The predicted molar refractivity (Wildman–Crippen MR) is 47.3 cm³/mol. The first kappa shape index (κ1) is 7.55. The van der Waals surface area contributed by atoms with E-state index in [-0.39, 0.29) is 5.82 Å². The van der Waals surface area contributed by atoms with Gasteiger partial charge in [0.05, 0.1) is 0 Å². The number of rotatable bonds is 0. The lowest BCUT2D eigenvalue weighted by Gasteiger charge is -1.87. The first-order chi connectivity index (χ1) is 4.83. The average molecular weight is 246 g/mol. The van der Waals surface area contributed by atoms with E-state index in [2.05, 4.69) is 9.85 Å². The van der Waals surface area contributed by atoms with Gasteiger partial charge in [-0.3, -0.25) is 0 Å². The van der Waals surface area contributed by atoms with Gasteiger partial charge in [-0.05, 0) is 22.1 Å². The van der Waals surface area contributed by atoms with Crippen LogP contribution >= 0.6 is 22.6 Å². The Morgan fingerprint density at radius 3 is 2.80 bits per heavy atom. The third-order valence-electron chi connectivity index (χ3n) is 1.02. The number of hydrogen-bond acceptors (Lipinski definition) is 0. The molecule has 0 fully saturated rings. The SMILES string of the molecule is Fc1cccc(C#CI)c1. The summed E-state index contributed by atoms with van der Waals surface area (Å²) < 4.78 is 15.1. The molecule has 0 aliphatic carbocycles. The molecule has 0 saturated carbocycles. The first-order valence-electron chi connectivity index (χ1n) is 2.70. The summed E-state index contributed by atoms with van der Waals surface area (Å²) in [6, 6.07) is 6.23. The third kappa shape index (κ3) is 1.99. The topological polar surface area (TPSA) is 0 Å². The van der Waals surface area contributed by atoms with Gasteiger partial charge in [-0.1, -0.05) is 12.0 Å². The molecule has 0 atom stereocenters. The Balaban J connectivity index is 3.03. The Labute approximate surface area is 72.6 Å². The van der Waals surface area contributed by atoms with Crippen LogP contribution in [0, 0.1) is 15.7 Å². The quantitative estimate of drug-likeness (QED) is 0.487. The highest BCUT2D eigenvalue weighted by molar-refractivity contribution is 14.1. The molecule has 0 unspecified atom stereocenters. The maximum absolute atomic E-state index is 12.4. The minimum atomic E-state index is -0.239. The lowest BCUT2D eigenvalue weighted by atomic mass is 10.2. The Morgan fingerprint density at radius 1 is 1.40 bits per heavy atom. The maximum Gasteiger partial charge on any atom is 0.124 e. The second kappa shape index (κ2) is 3.57. The number of hydrogen-bond donors (Lipinski definition) is 0. The van der Waals surface area contributed by atoms with Gasteiger partial charge >= 0.3 is 0 Å². The molecule has 0 N–H and O–H groups in total. The van der Waals surface area contributed by atoms with Gasteiger partial charge in [-0.2, -0.15) is 0 Å². The van der Waals surface area contributed by atoms with Gasteiger partial charge in [0.15, 0.2) is 0 Å². The van der Waals surface area contributed by atoms with Crippen molar-refractivity contribution in [3.8, 4) is 9.85 Å². The fraction of sp³-hybridized carbons (Fsp3) is 0. The van der Waals surface area contributed by atoms with Gasteiger partial charge in [0, 0.05) is 28.2 Å². The maximum atomic E-state index is 12.4. The van der Waals surface area contributed by atoms with Crippen molar-refractivity contribution in [2.45, 2.75) is 0 Å². The number of benzene rings is 1. The van der Waals surface area contributed by atoms with E-state index >= 15 is 0 Å². The van der Waals surface area contributed by atoms with E-state index in [0.29, 0.717) is 0 Å². The summed E-state index contributed by atoms with van der Waals surface area (Å²) >= 11 is 1.92. The molecular formula is C8H4FI. The van der Waals surface area contributed by atoms with Crippen LogP contribution < -0.4 is 0 Å². The molecule has 1 aromatic rings. The zero-order valence-corrected chi connectivity index (χ0v) is 7.22. The molecule has 0 aromatic heterocycles. The Hall–Kier alpha value is -0.560. The highest BCUT2D eigenvalue weighted by Crippen LogP contribution is 2.01. The van der Waals surface area contributed by atoms with Crippen LogP contribution in [-0.4, -0.2) is 0 Å². The molecule has 1 aromatic carbocycles. The van der Waals surface area contributed by atoms with Crippen LogP contribution in [-0.2, 0) is 0 Å². The lowest BCUT2D eigenvalue weighted by Crippen LogP contribution is -1.75. The van der Waals surface area contributed by atoms with Crippen molar-refractivity contribution in [1.29, 1.82) is 0 Å². The van der Waals surface area contributed by atoms with Gasteiger partial charge in [-0.15, -0.1) is 0 Å². The van der Waals surface area contributed by atoms with Crippen molar-refractivity contribution in [2.75, 3.05) is 0 Å². The van der Waals surface area contributed by atoms with Crippen LogP contribution in [0.4, 0.5) is 4.39 Å². The molecule has 10 heavy (non-hydrogen) atoms. The molecule has 1 rings (SSSR count). The lowest BCUT2D eigenvalue weighted by molar-refractivity contribution is 0.627. The zero-order chi connectivity index (χ0) is 7.40. The predicted octanol–water partition coefficient (Wildman–Crippen LogP) is 2.57. The Bertz CT molecular complexity index is 283. The smallest absolute Gasteiger partial charge is 0.124 e. The van der Waals surface area contributed by atoms with E-state index in [1.54, 1.807) is 12.1 Å². The summed E-state index contributed by atoms with van der Waals surface area (Å²) in [5.41, 5.74) is 0.717. The molecule has 0 aliphatic heterocycles. The molecule has 0 bridgehead atoms. The van der Waals surface area contributed by atoms with Crippen LogP contribution in [0.5, 0.6) is 0 Å². The highest BCUT2D eigenvalue weighted by Gasteiger charge is 1.88. The minimum Gasteiger partial charge on any atom is -0.207 e. The highest BCUT2D eigenvalue weighted by atomic mass is 127. The van der Waals surface area contributed by atoms with E-state index in [1.807, 2.05) is 22.6 Å². The zero-order valence-electron chi connectivity index (χ0n) is 5.07. The molecule has 0 radical (unpaired) electrons. The van der Waals surface area contributed by atoms with Crippen LogP contribution in [0.15, 0.2) is 24.3 Å². The molecule has 0 spiro atoms. The third-order valence-corrected chi connectivity index (χ3v) is 1.29. The van der Waals surface area contributed by atoms with Crippen molar-refractivity contribution >= 4 is 22.6 Å². The second-order valence-electron chi connectivity index (χ2n) is 1.73. The summed E-state index contributed by atoms with van der Waals surface area (Å²) in [4.78, 5) is 0. The van der Waals surface area contributed by atoms with Crippen LogP contribution in [0.3, 0.4) is 0 Å². The molecule has 2 heteroatoms. The van der Waals surface area contributed by atoms with E-state index in [0.717, 1.165) is 5.56 Å². The minimum absolute atomic E-state index is 0.239. The van der Waals surface area contributed by atoms with Crippen molar-refractivity contribution in [3.05, 3.63) is 35.6 Å². The fourth-order valence-corrected chi connectivity index (χ4v) is 0.932. The molecule has 0 amide bonds. The summed E-state index contributed by atoms with van der Waals surface area (Å²) in [6.45, 7) is 0. The van der Waals surface area contributed by atoms with E-state index in [4.69, 9.17) is 0 Å². The van der Waals surface area contributed by atoms with E-state index in [9.17, 15) is 4.39 Å². The van der Waals surface area contributed by atoms with Gasteiger partial charge in [0.1, 0.15) is 5.82 Å². The summed E-state index contributed by atoms with van der Waals surface area (Å²) in [5, 5.41) is 0. The van der Waals surface area contributed by atoms with Crippen LogP contribution in [0.2, 0.25) is 0 Å². The standard InChI is InChI=1S/C8H4FI/c9-8-3-1-2-7(6-8)4-5-10/h1-3,6H. The van der Waals surface area contributed by atoms with Gasteiger partial charge < -0.3 is 0 Å². The number of halogens is 2. The molecule has 50 valence electrons. The van der Waals surface area contributed by atoms with Gasteiger partial charge in [0.2, 0.25) is 0 Å². The second-order valence-corrected chi connectivity index (χ2v) is 2.27. The van der Waals surface area contributed by atoms with Crippen molar-refractivity contribution in [2.24, 2.45) is 0 Å². The Kier molecular flexibility index (Phi) is 2.69. The summed E-state index contributed by atoms with van der Waals surface area (Å²) in [5.74, 6) is 2.51. The van der Waals surface area contributed by atoms with E-state index in [1.165, 1.54) is 12.1 Å². The molecule has 0 aliphatic rings. The van der Waals surface area contributed by atoms with Crippen molar-refractivity contribution < 1.29 is 4.39 Å².